The van der Waals surface area contributed by atoms with Crippen LogP contribution in [0.3, 0.4) is 0 Å². The van der Waals surface area contributed by atoms with Crippen molar-refractivity contribution >= 4 is 19.6 Å². The molecule has 1 aliphatic heterocycles. The highest BCUT2D eigenvalue weighted by Gasteiger charge is 2.39. The number of thioether (sulfide) groups is 1. The third-order valence-electron chi connectivity index (χ3n) is 8.52. The van der Waals surface area contributed by atoms with Gasteiger partial charge in [0.25, 0.3) is 5.56 Å². The van der Waals surface area contributed by atoms with Crippen molar-refractivity contribution in [3.8, 4) is 0 Å². The van der Waals surface area contributed by atoms with Crippen molar-refractivity contribution in [2.24, 2.45) is 0 Å². The molecule has 1 fully saturated rings. The van der Waals surface area contributed by atoms with Gasteiger partial charge in [0.05, 0.1) is 25.5 Å². The smallest absolute Gasteiger partial charge is 0.390 e. The van der Waals surface area contributed by atoms with E-state index in [0.29, 0.717) is 6.42 Å². The first kappa shape index (κ1) is 43.1. The van der Waals surface area contributed by atoms with Crippen LogP contribution in [0, 0.1) is 5.82 Å². The quantitative estimate of drug-likeness (QED) is 0.0358. The lowest BCUT2D eigenvalue weighted by Gasteiger charge is -2.25. The molecule has 2 N–H and O–H groups in total. The monoisotopic (exact) mass is 724 g/mol. The summed E-state index contributed by atoms with van der Waals surface area (Å²) >= 11 is 1.87. The Morgan fingerprint density at radius 1 is 0.958 bits per heavy atom. The first-order chi connectivity index (χ1) is 23.1. The number of halogens is 1. The number of unbranched alkanes of at least 4 members (excludes halogenated alkanes) is 13. The molecule has 0 amide bonds. The standard InChI is InChI=1S/C34H62FN2O9PS/c1-5-8-10-12-13-14-15-16-18-20-23-48-31(21-19-17-11-9-6-2)27(4)45-46-47(41,42-22-7-3)43-26-30-29(38)24-32(44-30)37-25-28(35)33(39)36-34(37)40/h25,27,29-32,38H,5-24,26H2,1-4H3,(H,36,39,40)/t27-,29-,30+,31?,32+,47?/m0/s1. The molecule has 2 rings (SSSR count). The number of aromatic amines is 1. The van der Waals surface area contributed by atoms with Crippen molar-refractivity contribution in [3.63, 3.8) is 0 Å². The summed E-state index contributed by atoms with van der Waals surface area (Å²) in [5.74, 6) is -0.143. The Morgan fingerprint density at radius 2 is 1.56 bits per heavy atom. The van der Waals surface area contributed by atoms with Crippen molar-refractivity contribution in [3.05, 3.63) is 32.9 Å². The molecule has 1 saturated heterocycles. The molecule has 1 aromatic rings. The maximum atomic E-state index is 13.8. The van der Waals surface area contributed by atoms with Crippen molar-refractivity contribution in [2.75, 3.05) is 19.0 Å². The van der Waals surface area contributed by atoms with Crippen LogP contribution in [0.1, 0.15) is 149 Å². The summed E-state index contributed by atoms with van der Waals surface area (Å²) < 4.78 is 50.3. The highest BCUT2D eigenvalue weighted by atomic mass is 32.2. The van der Waals surface area contributed by atoms with Gasteiger partial charge in [0.1, 0.15) is 18.4 Å². The van der Waals surface area contributed by atoms with E-state index in [1.807, 2.05) is 30.6 Å². The maximum Gasteiger partial charge on any atom is 0.502 e. The highest BCUT2D eigenvalue weighted by molar-refractivity contribution is 7.99. The summed E-state index contributed by atoms with van der Waals surface area (Å²) in [6, 6.07) is 0. The molecule has 1 aromatic heterocycles. The molecule has 2 heterocycles. The van der Waals surface area contributed by atoms with E-state index in [-0.39, 0.29) is 24.4 Å². The Bertz CT molecular complexity index is 1160. The fourth-order valence-corrected chi connectivity index (χ4v) is 8.03. The molecule has 2 unspecified atom stereocenters. The van der Waals surface area contributed by atoms with E-state index in [1.54, 1.807) is 0 Å². The van der Waals surface area contributed by atoms with E-state index < -0.39 is 49.9 Å². The molecule has 6 atom stereocenters. The van der Waals surface area contributed by atoms with E-state index in [2.05, 4.69) is 13.8 Å². The molecule has 14 heteroatoms. The second kappa shape index (κ2) is 25.0. The third-order valence-corrected chi connectivity index (χ3v) is 11.3. The Morgan fingerprint density at radius 3 is 2.19 bits per heavy atom. The molecule has 0 spiro atoms. The second-order valence-electron chi connectivity index (χ2n) is 12.8. The van der Waals surface area contributed by atoms with Crippen LogP contribution in [-0.4, -0.2) is 57.2 Å². The number of nitrogens with one attached hydrogen (secondary N) is 1. The SMILES string of the molecule is CCCCCCCCCCCCSC(CCCCCCC)[C@H](C)OOP(=O)(OCCC)OC[C@H]1O[C@@H](n2cc(F)c(=O)[nH]c2=O)C[C@@H]1O. The van der Waals surface area contributed by atoms with Crippen molar-refractivity contribution < 1.29 is 37.4 Å². The Hall–Kier alpha value is -1.05. The van der Waals surface area contributed by atoms with E-state index in [9.17, 15) is 23.7 Å². The van der Waals surface area contributed by atoms with Crippen molar-refractivity contribution in [1.82, 2.24) is 9.55 Å². The molecule has 0 saturated carbocycles. The number of nitrogens with zero attached hydrogens (tertiary/aromatic N) is 1. The average Bonchev–Trinajstić information content (AvgIpc) is 3.44. The van der Waals surface area contributed by atoms with Crippen LogP contribution in [0.15, 0.2) is 15.8 Å². The molecule has 48 heavy (non-hydrogen) atoms. The summed E-state index contributed by atoms with van der Waals surface area (Å²) in [7, 11) is -4.22. The molecule has 0 bridgehead atoms. The van der Waals surface area contributed by atoms with Gasteiger partial charge in [-0.25, -0.2) is 14.2 Å². The Kier molecular flexibility index (Phi) is 22.4. The molecule has 280 valence electrons. The van der Waals surface area contributed by atoms with Crippen LogP contribution in [0.4, 0.5) is 4.39 Å². The molecular formula is C34H62FN2O9PS. The summed E-state index contributed by atoms with van der Waals surface area (Å²) in [5, 5.41) is 10.7. The third kappa shape index (κ3) is 16.8. The van der Waals surface area contributed by atoms with E-state index in [0.717, 1.165) is 42.2 Å². The van der Waals surface area contributed by atoms with Gasteiger partial charge in [0.15, 0.2) is 0 Å². The summed E-state index contributed by atoms with van der Waals surface area (Å²) in [4.78, 5) is 31.1. The Balaban J connectivity index is 1.89. The van der Waals surface area contributed by atoms with Gasteiger partial charge in [0.2, 0.25) is 5.82 Å². The number of hydrogen-bond donors (Lipinski definition) is 2. The molecular weight excluding hydrogens is 662 g/mol. The maximum absolute atomic E-state index is 13.8. The predicted molar refractivity (Wildman–Crippen MR) is 189 cm³/mol. The molecule has 0 radical (unpaired) electrons. The van der Waals surface area contributed by atoms with Crippen LogP contribution in [0.2, 0.25) is 0 Å². The largest absolute Gasteiger partial charge is 0.502 e. The number of aliphatic hydroxyl groups excluding tert-OH is 1. The molecule has 0 aliphatic carbocycles. The van der Waals surface area contributed by atoms with Crippen molar-refractivity contribution in [1.29, 1.82) is 0 Å². The molecule has 11 nitrogen and oxygen atoms in total. The van der Waals surface area contributed by atoms with Crippen LogP contribution < -0.4 is 11.2 Å². The minimum Gasteiger partial charge on any atom is -0.390 e. The second-order valence-corrected chi connectivity index (χ2v) is 15.7. The van der Waals surface area contributed by atoms with Gasteiger partial charge in [-0.1, -0.05) is 111 Å². The lowest BCUT2D eigenvalue weighted by atomic mass is 10.1. The number of aromatic nitrogens is 2. The highest BCUT2D eigenvalue weighted by Crippen LogP contribution is 2.51. The fourth-order valence-electron chi connectivity index (χ4n) is 5.57. The number of rotatable bonds is 29. The minimum absolute atomic E-state index is 0.0792. The number of aliphatic hydroxyl groups is 1. The first-order valence-corrected chi connectivity index (χ1v) is 20.8. The van der Waals surface area contributed by atoms with Gasteiger partial charge in [-0.2, -0.15) is 16.2 Å². The average molecular weight is 725 g/mol. The predicted octanol–water partition coefficient (Wildman–Crippen LogP) is 8.60. The lowest BCUT2D eigenvalue weighted by Crippen LogP contribution is -2.34. The fraction of sp³-hybridized carbons (Fsp3) is 0.882. The first-order valence-electron chi connectivity index (χ1n) is 18.3. The number of phosphoric acid groups is 1. The number of H-pyrrole nitrogens is 1. The number of ether oxygens (including phenoxy) is 1. The van der Waals surface area contributed by atoms with E-state index in [4.69, 9.17) is 23.3 Å². The lowest BCUT2D eigenvalue weighted by molar-refractivity contribution is -0.258. The topological polar surface area (TPSA) is 138 Å². The summed E-state index contributed by atoms with van der Waals surface area (Å²) in [5.41, 5.74) is -2.03. The van der Waals surface area contributed by atoms with Crippen molar-refractivity contribution in [2.45, 2.75) is 173 Å². The Labute approximate surface area is 290 Å². The van der Waals surface area contributed by atoms with E-state index >= 15 is 0 Å². The van der Waals surface area contributed by atoms with Gasteiger partial charge in [-0.05, 0) is 31.9 Å². The van der Waals surface area contributed by atoms with E-state index in [1.165, 1.54) is 77.0 Å². The molecule has 0 aromatic carbocycles. The zero-order valence-corrected chi connectivity index (χ0v) is 31.4. The van der Waals surface area contributed by atoms with Gasteiger partial charge < -0.3 is 9.84 Å². The van der Waals surface area contributed by atoms with Gasteiger partial charge in [-0.3, -0.25) is 23.4 Å². The van der Waals surface area contributed by atoms with Crippen LogP contribution in [0.25, 0.3) is 0 Å². The zero-order valence-electron chi connectivity index (χ0n) is 29.7. The number of hydrogen-bond acceptors (Lipinski definition) is 10. The van der Waals surface area contributed by atoms with Gasteiger partial charge in [-0.15, -0.1) is 4.67 Å². The molecule has 1 aliphatic rings. The van der Waals surface area contributed by atoms with Crippen LogP contribution in [0.5, 0.6) is 0 Å². The van der Waals surface area contributed by atoms with Gasteiger partial charge >= 0.3 is 13.5 Å². The minimum atomic E-state index is -4.22. The van der Waals surface area contributed by atoms with Crippen LogP contribution in [-0.2, 0) is 27.9 Å². The van der Waals surface area contributed by atoms with Gasteiger partial charge in [0, 0.05) is 11.7 Å². The summed E-state index contributed by atoms with van der Waals surface area (Å²) in [6.07, 6.45) is 17.3. The summed E-state index contributed by atoms with van der Waals surface area (Å²) in [6.45, 7) is 7.89. The normalized spacial score (nSPS) is 20.6. The zero-order chi connectivity index (χ0) is 35.2. The number of phosphoric ester groups is 1. The van der Waals surface area contributed by atoms with Crippen LogP contribution >= 0.6 is 19.6 Å².